The number of imidazole rings is 1. The number of carbonyl (C=O) groups is 1. The maximum atomic E-state index is 12.1. The van der Waals surface area contributed by atoms with Gasteiger partial charge in [0.25, 0.3) is 5.91 Å². The zero-order valence-corrected chi connectivity index (χ0v) is 10.7. The molecule has 6 nitrogen and oxygen atoms in total. The van der Waals surface area contributed by atoms with Crippen LogP contribution < -0.4 is 10.9 Å². The second-order valence-electron chi connectivity index (χ2n) is 4.87. The lowest BCUT2D eigenvalue weighted by Gasteiger charge is -2.22. The molecule has 0 unspecified atom stereocenters. The van der Waals surface area contributed by atoms with E-state index in [1.807, 2.05) is 0 Å². The predicted octanol–water partition coefficient (Wildman–Crippen LogP) is 1.30. The first-order valence-corrected chi connectivity index (χ1v) is 6.68. The Morgan fingerprint density at radius 1 is 1.26 bits per heavy atom. The standard InChI is InChI=1S/C13H17N5O/c19-12(17-16-10-5-2-1-3-6-10)11-9-15-13-14-7-4-8-18(11)13/h4,7-10,16H,1-3,5-6H2,(H,17,19). The highest BCUT2D eigenvalue weighted by molar-refractivity contribution is 5.92. The second-order valence-corrected chi connectivity index (χ2v) is 4.87. The normalized spacial score (nSPS) is 16.6. The van der Waals surface area contributed by atoms with Crippen LogP contribution in [0.1, 0.15) is 42.6 Å². The molecule has 2 aromatic rings. The highest BCUT2D eigenvalue weighted by Crippen LogP contribution is 2.16. The molecule has 1 fully saturated rings. The SMILES string of the molecule is O=C(NNC1CCCCC1)c1cnc2ncccn12. The van der Waals surface area contributed by atoms with Crippen LogP contribution in [0, 0.1) is 0 Å². The molecule has 0 aliphatic heterocycles. The Labute approximate surface area is 111 Å². The van der Waals surface area contributed by atoms with Gasteiger partial charge >= 0.3 is 0 Å². The average molecular weight is 259 g/mol. The summed E-state index contributed by atoms with van der Waals surface area (Å²) in [5.41, 5.74) is 6.37. The molecule has 6 heteroatoms. The van der Waals surface area contributed by atoms with E-state index >= 15 is 0 Å². The van der Waals surface area contributed by atoms with Crippen LogP contribution in [0.3, 0.4) is 0 Å². The molecule has 1 saturated carbocycles. The summed E-state index contributed by atoms with van der Waals surface area (Å²) in [4.78, 5) is 20.3. The van der Waals surface area contributed by atoms with E-state index in [9.17, 15) is 4.79 Å². The van der Waals surface area contributed by atoms with Gasteiger partial charge in [-0.1, -0.05) is 19.3 Å². The quantitative estimate of drug-likeness (QED) is 0.815. The predicted molar refractivity (Wildman–Crippen MR) is 70.5 cm³/mol. The third-order valence-corrected chi connectivity index (χ3v) is 3.52. The van der Waals surface area contributed by atoms with Crippen LogP contribution in [0.25, 0.3) is 5.78 Å². The average Bonchev–Trinajstić information content (AvgIpc) is 2.90. The van der Waals surface area contributed by atoms with E-state index in [1.165, 1.54) is 19.3 Å². The molecule has 0 bridgehead atoms. The molecule has 0 radical (unpaired) electrons. The van der Waals surface area contributed by atoms with Gasteiger partial charge in [-0.3, -0.25) is 14.6 Å². The number of rotatable bonds is 3. The molecule has 3 rings (SSSR count). The molecule has 2 N–H and O–H groups in total. The van der Waals surface area contributed by atoms with E-state index in [-0.39, 0.29) is 5.91 Å². The van der Waals surface area contributed by atoms with Crippen LogP contribution in [0.5, 0.6) is 0 Å². The molecule has 0 aromatic carbocycles. The molecule has 2 heterocycles. The summed E-state index contributed by atoms with van der Waals surface area (Å²) in [6.45, 7) is 0. The van der Waals surface area contributed by atoms with Crippen molar-refractivity contribution in [2.24, 2.45) is 0 Å². The summed E-state index contributed by atoms with van der Waals surface area (Å²) < 4.78 is 1.68. The molecule has 19 heavy (non-hydrogen) atoms. The Kier molecular flexibility index (Phi) is 3.41. The van der Waals surface area contributed by atoms with Crippen LogP contribution in [0.4, 0.5) is 0 Å². The van der Waals surface area contributed by atoms with Gasteiger partial charge in [-0.15, -0.1) is 0 Å². The van der Waals surface area contributed by atoms with Crippen LogP contribution in [0.2, 0.25) is 0 Å². The maximum absolute atomic E-state index is 12.1. The zero-order valence-electron chi connectivity index (χ0n) is 10.7. The first-order valence-electron chi connectivity index (χ1n) is 6.68. The number of nitrogens with one attached hydrogen (secondary N) is 2. The van der Waals surface area contributed by atoms with Crippen molar-refractivity contribution in [2.45, 2.75) is 38.1 Å². The third-order valence-electron chi connectivity index (χ3n) is 3.52. The maximum Gasteiger partial charge on any atom is 0.284 e. The molecule has 100 valence electrons. The summed E-state index contributed by atoms with van der Waals surface area (Å²) in [7, 11) is 0. The fourth-order valence-corrected chi connectivity index (χ4v) is 2.47. The summed E-state index contributed by atoms with van der Waals surface area (Å²) in [5.74, 6) is 0.358. The lowest BCUT2D eigenvalue weighted by Crippen LogP contribution is -2.45. The number of hydrogen-bond acceptors (Lipinski definition) is 4. The van der Waals surface area contributed by atoms with E-state index in [2.05, 4.69) is 20.8 Å². The first-order chi connectivity index (χ1) is 9.34. The van der Waals surface area contributed by atoms with Gasteiger partial charge in [0.1, 0.15) is 5.69 Å². The number of fused-ring (bicyclic) bond motifs is 1. The van der Waals surface area contributed by atoms with E-state index in [4.69, 9.17) is 0 Å². The van der Waals surface area contributed by atoms with Crippen molar-refractivity contribution in [3.8, 4) is 0 Å². The Morgan fingerprint density at radius 3 is 2.95 bits per heavy atom. The van der Waals surface area contributed by atoms with Crippen LogP contribution in [-0.4, -0.2) is 26.3 Å². The molecule has 2 aromatic heterocycles. The fourth-order valence-electron chi connectivity index (χ4n) is 2.47. The smallest absolute Gasteiger partial charge is 0.284 e. The van der Waals surface area contributed by atoms with Crippen LogP contribution >= 0.6 is 0 Å². The van der Waals surface area contributed by atoms with Gasteiger partial charge in [0, 0.05) is 18.4 Å². The molecule has 1 amide bonds. The summed E-state index contributed by atoms with van der Waals surface area (Å²) in [6, 6.07) is 2.16. The molecule has 1 aliphatic rings. The molecule has 1 aliphatic carbocycles. The molecule has 0 saturated heterocycles. The topological polar surface area (TPSA) is 71.3 Å². The fraction of sp³-hybridized carbons (Fsp3) is 0.462. The molecular weight excluding hydrogens is 242 g/mol. The van der Waals surface area contributed by atoms with Gasteiger partial charge in [-0.05, 0) is 18.9 Å². The van der Waals surface area contributed by atoms with Gasteiger partial charge in [0.15, 0.2) is 0 Å². The third kappa shape index (κ3) is 2.58. The number of nitrogens with zero attached hydrogens (tertiary/aromatic N) is 3. The van der Waals surface area contributed by atoms with E-state index in [0.717, 1.165) is 12.8 Å². The summed E-state index contributed by atoms with van der Waals surface area (Å²) >= 11 is 0. The second kappa shape index (κ2) is 5.36. The number of hydrogen-bond donors (Lipinski definition) is 2. The van der Waals surface area contributed by atoms with Gasteiger partial charge in [0.05, 0.1) is 6.20 Å². The van der Waals surface area contributed by atoms with Crippen LogP contribution in [-0.2, 0) is 0 Å². The minimum absolute atomic E-state index is 0.175. The zero-order chi connectivity index (χ0) is 13.1. The van der Waals surface area contributed by atoms with Crippen molar-refractivity contribution in [1.82, 2.24) is 25.2 Å². The Morgan fingerprint density at radius 2 is 2.11 bits per heavy atom. The number of aromatic nitrogens is 3. The minimum Gasteiger partial charge on any atom is -0.286 e. The summed E-state index contributed by atoms with van der Waals surface area (Å²) in [6.07, 6.45) is 11.0. The van der Waals surface area contributed by atoms with E-state index < -0.39 is 0 Å². The minimum atomic E-state index is -0.175. The molecule has 0 atom stereocenters. The lowest BCUT2D eigenvalue weighted by molar-refractivity contribution is 0.0914. The number of amides is 1. The summed E-state index contributed by atoms with van der Waals surface area (Å²) in [5, 5.41) is 0. The number of carbonyl (C=O) groups excluding carboxylic acids is 1. The van der Waals surface area contributed by atoms with Gasteiger partial charge in [-0.25, -0.2) is 15.4 Å². The number of hydrazine groups is 1. The lowest BCUT2D eigenvalue weighted by atomic mass is 9.96. The Bertz CT molecular complexity index is 573. The van der Waals surface area contributed by atoms with E-state index in [1.54, 1.807) is 29.1 Å². The monoisotopic (exact) mass is 259 g/mol. The molecule has 0 spiro atoms. The van der Waals surface area contributed by atoms with Crippen molar-refractivity contribution in [2.75, 3.05) is 0 Å². The van der Waals surface area contributed by atoms with Crippen molar-refractivity contribution in [1.29, 1.82) is 0 Å². The Hall–Kier alpha value is -1.95. The van der Waals surface area contributed by atoms with Gasteiger partial charge in [0.2, 0.25) is 5.78 Å². The first kappa shape index (κ1) is 12.1. The van der Waals surface area contributed by atoms with Gasteiger partial charge in [-0.2, -0.15) is 0 Å². The van der Waals surface area contributed by atoms with Crippen LogP contribution in [0.15, 0.2) is 24.7 Å². The molecular formula is C13H17N5O. The van der Waals surface area contributed by atoms with E-state index in [0.29, 0.717) is 17.5 Å². The largest absolute Gasteiger partial charge is 0.286 e. The highest BCUT2D eigenvalue weighted by atomic mass is 16.2. The van der Waals surface area contributed by atoms with Crippen molar-refractivity contribution < 1.29 is 4.79 Å². The van der Waals surface area contributed by atoms with Crippen molar-refractivity contribution in [3.05, 3.63) is 30.4 Å². The highest BCUT2D eigenvalue weighted by Gasteiger charge is 2.16. The van der Waals surface area contributed by atoms with Crippen molar-refractivity contribution in [3.63, 3.8) is 0 Å². The van der Waals surface area contributed by atoms with Gasteiger partial charge < -0.3 is 0 Å². The van der Waals surface area contributed by atoms with Crippen molar-refractivity contribution >= 4 is 11.7 Å². The Balaban J connectivity index is 1.66.